The number of piperidine rings is 1. The predicted molar refractivity (Wildman–Crippen MR) is 96.2 cm³/mol. The van der Waals surface area contributed by atoms with E-state index in [2.05, 4.69) is 41.3 Å². The van der Waals surface area contributed by atoms with Crippen molar-refractivity contribution < 1.29 is 4.74 Å². The Morgan fingerprint density at radius 3 is 2.96 bits per heavy atom. The Morgan fingerprint density at radius 2 is 2.22 bits per heavy atom. The monoisotopic (exact) mass is 331 g/mol. The SMILES string of the molecule is C[C@@H](Nc1cccc(OCc2cscn2)c1)C1CCN(C)CC1. The molecule has 1 fully saturated rings. The fraction of sp³-hybridized carbons (Fsp3) is 0.500. The van der Waals surface area contributed by atoms with E-state index in [9.17, 15) is 0 Å². The van der Waals surface area contributed by atoms with Crippen LogP contribution in [0.4, 0.5) is 5.69 Å². The van der Waals surface area contributed by atoms with Crippen LogP contribution >= 0.6 is 11.3 Å². The predicted octanol–water partition coefficient (Wildman–Crippen LogP) is 3.86. The molecule has 1 saturated heterocycles. The number of likely N-dealkylation sites (tertiary alicyclic amines) is 1. The summed E-state index contributed by atoms with van der Waals surface area (Å²) in [4.78, 5) is 6.66. The maximum Gasteiger partial charge on any atom is 0.131 e. The first kappa shape index (κ1) is 16.3. The molecule has 0 saturated carbocycles. The molecule has 5 heteroatoms. The normalized spacial score (nSPS) is 17.8. The molecule has 0 unspecified atom stereocenters. The van der Waals surface area contributed by atoms with Crippen molar-refractivity contribution in [1.29, 1.82) is 0 Å². The molecule has 0 amide bonds. The zero-order valence-corrected chi connectivity index (χ0v) is 14.7. The second-order valence-electron chi connectivity index (χ2n) is 6.37. The topological polar surface area (TPSA) is 37.4 Å². The van der Waals surface area contributed by atoms with Crippen LogP contribution in [0.3, 0.4) is 0 Å². The summed E-state index contributed by atoms with van der Waals surface area (Å²) < 4.78 is 5.83. The summed E-state index contributed by atoms with van der Waals surface area (Å²) in [6.45, 7) is 5.22. The van der Waals surface area contributed by atoms with E-state index in [-0.39, 0.29) is 0 Å². The molecule has 2 aromatic rings. The van der Waals surface area contributed by atoms with Gasteiger partial charge in [0, 0.05) is 23.2 Å². The van der Waals surface area contributed by atoms with E-state index in [0.717, 1.165) is 23.0 Å². The number of aromatic nitrogens is 1. The van der Waals surface area contributed by atoms with E-state index in [0.29, 0.717) is 12.6 Å². The van der Waals surface area contributed by atoms with Crippen LogP contribution in [0.5, 0.6) is 5.75 Å². The summed E-state index contributed by atoms with van der Waals surface area (Å²) in [6.07, 6.45) is 2.54. The lowest BCUT2D eigenvalue weighted by Crippen LogP contribution is -2.37. The number of nitrogens with zero attached hydrogens (tertiary/aromatic N) is 2. The van der Waals surface area contributed by atoms with Gasteiger partial charge in [-0.25, -0.2) is 4.98 Å². The highest BCUT2D eigenvalue weighted by Crippen LogP contribution is 2.24. The van der Waals surface area contributed by atoms with Gasteiger partial charge < -0.3 is 15.0 Å². The Bertz CT molecular complexity index is 594. The van der Waals surface area contributed by atoms with Gasteiger partial charge in [0.25, 0.3) is 0 Å². The number of hydrogen-bond acceptors (Lipinski definition) is 5. The molecule has 1 aliphatic heterocycles. The van der Waals surface area contributed by atoms with Crippen LogP contribution in [0.25, 0.3) is 0 Å². The first-order chi connectivity index (χ1) is 11.2. The molecule has 1 N–H and O–H groups in total. The second-order valence-corrected chi connectivity index (χ2v) is 7.09. The lowest BCUT2D eigenvalue weighted by atomic mass is 9.90. The third kappa shape index (κ3) is 4.69. The van der Waals surface area contributed by atoms with E-state index in [1.54, 1.807) is 11.3 Å². The Balaban J connectivity index is 1.54. The van der Waals surface area contributed by atoms with Crippen molar-refractivity contribution in [3.8, 4) is 5.75 Å². The zero-order valence-electron chi connectivity index (χ0n) is 13.9. The van der Waals surface area contributed by atoms with Gasteiger partial charge in [-0.2, -0.15) is 0 Å². The number of hydrogen-bond donors (Lipinski definition) is 1. The van der Waals surface area contributed by atoms with Crippen molar-refractivity contribution in [2.75, 3.05) is 25.5 Å². The summed E-state index contributed by atoms with van der Waals surface area (Å²) in [6, 6.07) is 8.72. The van der Waals surface area contributed by atoms with Crippen LogP contribution in [0.15, 0.2) is 35.2 Å². The van der Waals surface area contributed by atoms with Crippen LogP contribution in [-0.2, 0) is 6.61 Å². The summed E-state index contributed by atoms with van der Waals surface area (Å²) in [5.74, 6) is 1.63. The van der Waals surface area contributed by atoms with E-state index < -0.39 is 0 Å². The quantitative estimate of drug-likeness (QED) is 0.872. The van der Waals surface area contributed by atoms with Crippen LogP contribution in [0.1, 0.15) is 25.5 Å². The molecule has 0 bridgehead atoms. The smallest absolute Gasteiger partial charge is 0.131 e. The Morgan fingerprint density at radius 1 is 1.39 bits per heavy atom. The molecule has 0 radical (unpaired) electrons. The van der Waals surface area contributed by atoms with Crippen LogP contribution in [0.2, 0.25) is 0 Å². The first-order valence-corrected chi connectivity index (χ1v) is 9.20. The highest BCUT2D eigenvalue weighted by molar-refractivity contribution is 7.07. The highest BCUT2D eigenvalue weighted by atomic mass is 32.1. The van der Waals surface area contributed by atoms with Gasteiger partial charge >= 0.3 is 0 Å². The number of anilines is 1. The van der Waals surface area contributed by atoms with Gasteiger partial charge in [-0.15, -0.1) is 11.3 Å². The maximum absolute atomic E-state index is 5.83. The first-order valence-electron chi connectivity index (χ1n) is 8.26. The maximum atomic E-state index is 5.83. The minimum atomic E-state index is 0.484. The molecule has 1 aromatic heterocycles. The largest absolute Gasteiger partial charge is 0.487 e. The fourth-order valence-corrected chi connectivity index (χ4v) is 3.59. The van der Waals surface area contributed by atoms with Crippen molar-refractivity contribution in [2.45, 2.75) is 32.4 Å². The third-order valence-corrected chi connectivity index (χ3v) is 5.20. The Kier molecular flexibility index (Phi) is 5.51. The van der Waals surface area contributed by atoms with Crippen LogP contribution < -0.4 is 10.1 Å². The summed E-state index contributed by atoms with van der Waals surface area (Å²) in [5.41, 5.74) is 3.94. The average molecular weight is 331 g/mol. The van der Waals surface area contributed by atoms with Gasteiger partial charge in [-0.05, 0) is 58.0 Å². The van der Waals surface area contributed by atoms with Crippen molar-refractivity contribution in [1.82, 2.24) is 9.88 Å². The lowest BCUT2D eigenvalue weighted by Gasteiger charge is -2.33. The minimum absolute atomic E-state index is 0.484. The zero-order chi connectivity index (χ0) is 16.1. The molecule has 23 heavy (non-hydrogen) atoms. The number of rotatable bonds is 6. The molecule has 1 aliphatic rings. The van der Waals surface area contributed by atoms with Crippen molar-refractivity contribution in [3.63, 3.8) is 0 Å². The van der Waals surface area contributed by atoms with E-state index in [4.69, 9.17) is 4.74 Å². The third-order valence-electron chi connectivity index (χ3n) is 4.57. The molecule has 2 heterocycles. The Labute approximate surface area is 142 Å². The molecule has 1 atom stereocenters. The van der Waals surface area contributed by atoms with Gasteiger partial charge in [0.05, 0.1) is 11.2 Å². The summed E-state index contributed by atoms with van der Waals surface area (Å²) >= 11 is 1.60. The van der Waals surface area contributed by atoms with Crippen molar-refractivity contribution >= 4 is 17.0 Å². The van der Waals surface area contributed by atoms with Gasteiger partial charge in [-0.1, -0.05) is 6.07 Å². The number of ether oxygens (including phenoxy) is 1. The fourth-order valence-electron chi connectivity index (χ4n) is 3.05. The van der Waals surface area contributed by atoms with Gasteiger partial charge in [0.2, 0.25) is 0 Å². The standard InChI is InChI=1S/C18H25N3OS/c1-14(15-6-8-21(2)9-7-15)20-16-4-3-5-18(10-16)22-11-17-12-23-13-19-17/h3-5,10,12-15,20H,6-9,11H2,1-2H3/t14-/m1/s1. The highest BCUT2D eigenvalue weighted by Gasteiger charge is 2.22. The average Bonchev–Trinajstić information content (AvgIpc) is 3.07. The number of benzene rings is 1. The van der Waals surface area contributed by atoms with Gasteiger partial charge in [0.15, 0.2) is 0 Å². The second kappa shape index (κ2) is 7.79. The van der Waals surface area contributed by atoms with E-state index >= 15 is 0 Å². The van der Waals surface area contributed by atoms with E-state index in [1.807, 2.05) is 23.0 Å². The number of nitrogens with one attached hydrogen (secondary N) is 1. The molecule has 124 valence electrons. The van der Waals surface area contributed by atoms with Crippen LogP contribution in [0, 0.1) is 5.92 Å². The molecule has 1 aromatic carbocycles. The molecule has 0 spiro atoms. The molecular formula is C18H25N3OS. The van der Waals surface area contributed by atoms with Crippen molar-refractivity contribution in [2.24, 2.45) is 5.92 Å². The molecule has 4 nitrogen and oxygen atoms in total. The Hall–Kier alpha value is -1.59. The lowest BCUT2D eigenvalue weighted by molar-refractivity contribution is 0.208. The number of thiazole rings is 1. The van der Waals surface area contributed by atoms with Gasteiger partial charge in [0.1, 0.15) is 12.4 Å². The summed E-state index contributed by atoms with van der Waals surface area (Å²) in [5, 5.41) is 5.67. The van der Waals surface area contributed by atoms with Crippen LogP contribution in [-0.4, -0.2) is 36.1 Å². The molecule has 0 aliphatic carbocycles. The van der Waals surface area contributed by atoms with Gasteiger partial charge in [-0.3, -0.25) is 0 Å². The minimum Gasteiger partial charge on any atom is -0.487 e. The van der Waals surface area contributed by atoms with Crippen molar-refractivity contribution in [3.05, 3.63) is 40.8 Å². The molecular weight excluding hydrogens is 306 g/mol. The van der Waals surface area contributed by atoms with E-state index in [1.165, 1.54) is 25.9 Å². The summed E-state index contributed by atoms with van der Waals surface area (Å²) in [7, 11) is 2.21. The molecule has 3 rings (SSSR count).